The molecule has 0 aliphatic carbocycles. The molecule has 1 aromatic heterocycles. The third-order valence-corrected chi connectivity index (χ3v) is 4.89. The summed E-state index contributed by atoms with van der Waals surface area (Å²) in [5.74, 6) is 1.11. The molecule has 0 spiro atoms. The monoisotopic (exact) mass is 363 g/mol. The average Bonchev–Trinajstić information content (AvgIpc) is 3.10. The number of amides is 1. The molecule has 1 fully saturated rings. The van der Waals surface area contributed by atoms with Crippen LogP contribution < -0.4 is 10.4 Å². The van der Waals surface area contributed by atoms with Gasteiger partial charge in [-0.3, -0.25) is 4.79 Å². The number of rotatable bonds is 4. The van der Waals surface area contributed by atoms with Gasteiger partial charge in [-0.25, -0.2) is 4.79 Å². The highest BCUT2D eigenvalue weighted by Crippen LogP contribution is 2.22. The molecule has 27 heavy (non-hydrogen) atoms. The second kappa shape index (κ2) is 7.27. The fourth-order valence-corrected chi connectivity index (χ4v) is 3.61. The number of carbonyl (C=O) groups excluding carboxylic acids is 1. The third kappa shape index (κ3) is 3.87. The molecule has 2 aromatic carbocycles. The van der Waals surface area contributed by atoms with Gasteiger partial charge in [-0.05, 0) is 23.3 Å². The minimum absolute atomic E-state index is 0.0983. The summed E-state index contributed by atoms with van der Waals surface area (Å²) in [5.41, 5.74) is 0.616. The van der Waals surface area contributed by atoms with E-state index in [2.05, 4.69) is 18.2 Å². The highest BCUT2D eigenvalue weighted by Gasteiger charge is 2.28. The number of nitrogens with zero attached hydrogens (tertiary/aromatic N) is 1. The molecule has 1 aliphatic rings. The van der Waals surface area contributed by atoms with E-state index in [1.54, 1.807) is 13.0 Å². The standard InChI is InChI=1S/C22H21NO4/c1-15-11-19(13-22(25)26-15)27-18-9-10-23(14-18)21(24)12-17-7-4-6-16-5-2-3-8-20(16)17/h2-8,11,13,18H,9-10,12,14H2,1H3. The van der Waals surface area contributed by atoms with Gasteiger partial charge in [-0.1, -0.05) is 42.5 Å². The zero-order chi connectivity index (χ0) is 18.8. The molecule has 1 aliphatic heterocycles. The van der Waals surface area contributed by atoms with E-state index < -0.39 is 5.63 Å². The van der Waals surface area contributed by atoms with Crippen molar-refractivity contribution < 1.29 is 13.9 Å². The van der Waals surface area contributed by atoms with Crippen LogP contribution in [0.2, 0.25) is 0 Å². The van der Waals surface area contributed by atoms with Crippen molar-refractivity contribution in [2.45, 2.75) is 25.9 Å². The van der Waals surface area contributed by atoms with Crippen LogP contribution >= 0.6 is 0 Å². The summed E-state index contributed by atoms with van der Waals surface area (Å²) < 4.78 is 10.8. The van der Waals surface area contributed by atoms with Gasteiger partial charge < -0.3 is 14.1 Å². The first-order valence-corrected chi connectivity index (χ1v) is 9.11. The molecule has 2 heterocycles. The normalized spacial score (nSPS) is 16.6. The van der Waals surface area contributed by atoms with E-state index in [1.807, 2.05) is 29.2 Å². The van der Waals surface area contributed by atoms with Crippen molar-refractivity contribution in [1.29, 1.82) is 0 Å². The number of fused-ring (bicyclic) bond motifs is 1. The smallest absolute Gasteiger partial charge is 0.339 e. The van der Waals surface area contributed by atoms with Gasteiger partial charge >= 0.3 is 5.63 Å². The van der Waals surface area contributed by atoms with Crippen LogP contribution in [0.1, 0.15) is 17.7 Å². The van der Waals surface area contributed by atoms with Crippen molar-refractivity contribution in [3.63, 3.8) is 0 Å². The molecule has 5 heteroatoms. The molecule has 3 aromatic rings. The van der Waals surface area contributed by atoms with E-state index in [0.29, 0.717) is 31.0 Å². The Balaban J connectivity index is 1.42. The van der Waals surface area contributed by atoms with Gasteiger partial charge in [0.15, 0.2) is 0 Å². The number of aryl methyl sites for hydroxylation is 1. The van der Waals surface area contributed by atoms with Crippen molar-refractivity contribution in [3.8, 4) is 5.75 Å². The molecule has 0 bridgehead atoms. The van der Waals surface area contributed by atoms with Crippen LogP contribution in [-0.4, -0.2) is 30.0 Å². The number of carbonyl (C=O) groups is 1. The van der Waals surface area contributed by atoms with E-state index in [-0.39, 0.29) is 12.0 Å². The number of hydrogen-bond acceptors (Lipinski definition) is 4. The summed E-state index contributed by atoms with van der Waals surface area (Å²) in [6.45, 7) is 2.90. The zero-order valence-corrected chi connectivity index (χ0v) is 15.2. The fraction of sp³-hybridized carbons (Fsp3) is 0.273. The predicted molar refractivity (Wildman–Crippen MR) is 103 cm³/mol. The minimum Gasteiger partial charge on any atom is -0.488 e. The number of likely N-dealkylation sites (tertiary alicyclic amines) is 1. The summed E-state index contributed by atoms with van der Waals surface area (Å²) in [5, 5.41) is 2.26. The Kier molecular flexibility index (Phi) is 4.67. The second-order valence-corrected chi connectivity index (χ2v) is 6.91. The van der Waals surface area contributed by atoms with Crippen LogP contribution in [-0.2, 0) is 11.2 Å². The molecule has 0 saturated carbocycles. The van der Waals surface area contributed by atoms with Gasteiger partial charge in [0.25, 0.3) is 0 Å². The van der Waals surface area contributed by atoms with Gasteiger partial charge in [-0.2, -0.15) is 0 Å². The highest BCUT2D eigenvalue weighted by molar-refractivity contribution is 5.90. The summed E-state index contributed by atoms with van der Waals surface area (Å²) in [7, 11) is 0. The van der Waals surface area contributed by atoms with E-state index in [1.165, 1.54) is 6.07 Å². The van der Waals surface area contributed by atoms with Gasteiger partial charge in [0.05, 0.1) is 19.0 Å². The Bertz CT molecular complexity index is 1030. The van der Waals surface area contributed by atoms with Crippen LogP contribution in [0.15, 0.2) is 63.8 Å². The third-order valence-electron chi connectivity index (χ3n) is 4.89. The summed E-state index contributed by atoms with van der Waals surface area (Å²) >= 11 is 0. The summed E-state index contributed by atoms with van der Waals surface area (Å²) in [4.78, 5) is 26.1. The Hall–Kier alpha value is -3.08. The SMILES string of the molecule is Cc1cc(OC2CCN(C(=O)Cc3cccc4ccccc34)C2)cc(=O)o1. The minimum atomic E-state index is -0.424. The molecule has 0 radical (unpaired) electrons. The Morgan fingerprint density at radius 1 is 1.19 bits per heavy atom. The van der Waals surface area contributed by atoms with Gasteiger partial charge in [0.1, 0.15) is 17.6 Å². The molecule has 1 amide bonds. The molecule has 5 nitrogen and oxygen atoms in total. The van der Waals surface area contributed by atoms with E-state index in [9.17, 15) is 9.59 Å². The van der Waals surface area contributed by atoms with Crippen LogP contribution in [0.25, 0.3) is 10.8 Å². The average molecular weight is 363 g/mol. The van der Waals surface area contributed by atoms with Crippen molar-refractivity contribution in [3.05, 3.63) is 76.3 Å². The van der Waals surface area contributed by atoms with Crippen molar-refractivity contribution in [1.82, 2.24) is 4.90 Å². The maximum atomic E-state index is 12.8. The number of hydrogen-bond donors (Lipinski definition) is 0. The van der Waals surface area contributed by atoms with Gasteiger partial charge in [-0.15, -0.1) is 0 Å². The first kappa shape index (κ1) is 17.3. The van der Waals surface area contributed by atoms with Crippen LogP contribution in [0, 0.1) is 6.92 Å². The molecular weight excluding hydrogens is 342 g/mol. The second-order valence-electron chi connectivity index (χ2n) is 6.91. The van der Waals surface area contributed by atoms with Gasteiger partial charge in [0.2, 0.25) is 5.91 Å². The Morgan fingerprint density at radius 2 is 2.00 bits per heavy atom. The van der Waals surface area contributed by atoms with E-state index in [4.69, 9.17) is 9.15 Å². The lowest BCUT2D eigenvalue weighted by Gasteiger charge is -2.18. The molecule has 0 N–H and O–H groups in total. The van der Waals surface area contributed by atoms with Crippen LogP contribution in [0.3, 0.4) is 0 Å². The lowest BCUT2D eigenvalue weighted by atomic mass is 10.0. The molecule has 1 atom stereocenters. The van der Waals surface area contributed by atoms with Crippen molar-refractivity contribution in [2.24, 2.45) is 0 Å². The van der Waals surface area contributed by atoms with Crippen molar-refractivity contribution >= 4 is 16.7 Å². The summed E-state index contributed by atoms with van der Waals surface area (Å²) in [6.07, 6.45) is 1.02. The molecule has 4 rings (SSSR count). The lowest BCUT2D eigenvalue weighted by molar-refractivity contribution is -0.129. The number of benzene rings is 2. The van der Waals surface area contributed by atoms with E-state index >= 15 is 0 Å². The predicted octanol–water partition coefficient (Wildman–Crippen LogP) is 3.32. The van der Waals surface area contributed by atoms with E-state index in [0.717, 1.165) is 22.8 Å². The fourth-order valence-electron chi connectivity index (χ4n) is 3.61. The Labute approximate surface area is 157 Å². The number of ether oxygens (including phenoxy) is 1. The quantitative estimate of drug-likeness (QED) is 0.713. The highest BCUT2D eigenvalue weighted by atomic mass is 16.5. The molecule has 1 saturated heterocycles. The molecule has 138 valence electrons. The Morgan fingerprint density at radius 3 is 2.85 bits per heavy atom. The largest absolute Gasteiger partial charge is 0.488 e. The zero-order valence-electron chi connectivity index (χ0n) is 15.2. The lowest BCUT2D eigenvalue weighted by Crippen LogP contribution is -2.32. The topological polar surface area (TPSA) is 59.8 Å². The summed E-state index contributed by atoms with van der Waals surface area (Å²) in [6, 6.07) is 17.2. The maximum absolute atomic E-state index is 12.8. The van der Waals surface area contributed by atoms with Crippen LogP contribution in [0.4, 0.5) is 0 Å². The first-order chi connectivity index (χ1) is 13.1. The maximum Gasteiger partial charge on any atom is 0.339 e. The molecular formula is C22H21NO4. The van der Waals surface area contributed by atoms with Gasteiger partial charge in [0, 0.05) is 19.0 Å². The van der Waals surface area contributed by atoms with Crippen LogP contribution in [0.5, 0.6) is 5.75 Å². The van der Waals surface area contributed by atoms with Crippen molar-refractivity contribution in [2.75, 3.05) is 13.1 Å². The molecule has 1 unspecified atom stereocenters. The first-order valence-electron chi connectivity index (χ1n) is 9.11.